The topological polar surface area (TPSA) is 59.3 Å². The van der Waals surface area contributed by atoms with Gasteiger partial charge in [0.15, 0.2) is 0 Å². The lowest BCUT2D eigenvalue weighted by atomic mass is 10.1. The summed E-state index contributed by atoms with van der Waals surface area (Å²) in [6.07, 6.45) is 2.63. The summed E-state index contributed by atoms with van der Waals surface area (Å²) in [7, 11) is 0. The maximum Gasteiger partial charge on any atom is 0.352 e. The SMILES string of the molecule is O=C(O)c1cccc(=O)n1CCCCc1ccccc1. The molecule has 4 nitrogen and oxygen atoms in total. The van der Waals surface area contributed by atoms with Crippen molar-refractivity contribution in [3.63, 3.8) is 0 Å². The van der Waals surface area contributed by atoms with Gasteiger partial charge in [0.2, 0.25) is 0 Å². The molecule has 1 N–H and O–H groups in total. The summed E-state index contributed by atoms with van der Waals surface area (Å²) < 4.78 is 1.33. The number of carbonyl (C=O) groups is 1. The van der Waals surface area contributed by atoms with E-state index in [0.717, 1.165) is 19.3 Å². The second-order valence-electron chi connectivity index (χ2n) is 4.65. The number of hydrogen-bond donors (Lipinski definition) is 1. The molecule has 2 aromatic rings. The number of hydrogen-bond acceptors (Lipinski definition) is 2. The monoisotopic (exact) mass is 271 g/mol. The summed E-state index contributed by atoms with van der Waals surface area (Å²) in [6, 6.07) is 14.4. The van der Waals surface area contributed by atoms with E-state index in [9.17, 15) is 9.59 Å². The van der Waals surface area contributed by atoms with Gasteiger partial charge in [-0.2, -0.15) is 0 Å². The van der Waals surface area contributed by atoms with E-state index >= 15 is 0 Å². The van der Waals surface area contributed by atoms with Gasteiger partial charge >= 0.3 is 5.97 Å². The number of carboxylic acid groups (broad SMARTS) is 1. The first-order valence-electron chi connectivity index (χ1n) is 6.65. The van der Waals surface area contributed by atoms with Crippen LogP contribution in [0.2, 0.25) is 0 Å². The fraction of sp³-hybridized carbons (Fsp3) is 0.250. The van der Waals surface area contributed by atoms with Crippen LogP contribution in [0, 0.1) is 0 Å². The molecule has 1 heterocycles. The van der Waals surface area contributed by atoms with E-state index in [1.54, 1.807) is 0 Å². The van der Waals surface area contributed by atoms with Crippen molar-refractivity contribution in [3.8, 4) is 0 Å². The Hall–Kier alpha value is -2.36. The van der Waals surface area contributed by atoms with E-state index in [4.69, 9.17) is 5.11 Å². The Morgan fingerprint density at radius 1 is 1.00 bits per heavy atom. The Morgan fingerprint density at radius 3 is 2.45 bits per heavy atom. The molecule has 0 spiro atoms. The third-order valence-electron chi connectivity index (χ3n) is 3.21. The third kappa shape index (κ3) is 3.57. The van der Waals surface area contributed by atoms with Crippen LogP contribution < -0.4 is 5.56 Å². The van der Waals surface area contributed by atoms with Gasteiger partial charge in [0.25, 0.3) is 5.56 Å². The molecule has 20 heavy (non-hydrogen) atoms. The van der Waals surface area contributed by atoms with E-state index in [-0.39, 0.29) is 11.3 Å². The second kappa shape index (κ2) is 6.70. The minimum absolute atomic E-state index is 0.0530. The van der Waals surface area contributed by atoms with Gasteiger partial charge in [-0.1, -0.05) is 36.4 Å². The average molecular weight is 271 g/mol. The van der Waals surface area contributed by atoms with Crippen molar-refractivity contribution in [1.29, 1.82) is 0 Å². The number of benzene rings is 1. The molecule has 2 rings (SSSR count). The molecule has 0 aliphatic heterocycles. The normalized spacial score (nSPS) is 10.4. The van der Waals surface area contributed by atoms with Crippen molar-refractivity contribution in [2.75, 3.05) is 0 Å². The zero-order chi connectivity index (χ0) is 14.4. The molecule has 104 valence electrons. The standard InChI is InChI=1S/C16H17NO3/c18-15-11-6-10-14(16(19)20)17(15)12-5-4-9-13-7-2-1-3-8-13/h1-3,6-8,10-11H,4-5,9,12H2,(H,19,20). The van der Waals surface area contributed by atoms with Gasteiger partial charge in [0, 0.05) is 12.6 Å². The van der Waals surface area contributed by atoms with E-state index in [1.165, 1.54) is 28.3 Å². The quantitative estimate of drug-likeness (QED) is 0.821. The van der Waals surface area contributed by atoms with Gasteiger partial charge in [0.05, 0.1) is 0 Å². The zero-order valence-electron chi connectivity index (χ0n) is 11.2. The molecule has 0 bridgehead atoms. The van der Waals surface area contributed by atoms with Gasteiger partial charge in [-0.3, -0.25) is 4.79 Å². The number of aromatic carboxylic acids is 1. The highest BCUT2D eigenvalue weighted by Crippen LogP contribution is 2.06. The summed E-state index contributed by atoms with van der Waals surface area (Å²) in [6.45, 7) is 0.439. The predicted octanol–water partition coefficient (Wildman–Crippen LogP) is 2.57. The minimum atomic E-state index is -1.06. The number of nitrogens with zero attached hydrogens (tertiary/aromatic N) is 1. The van der Waals surface area contributed by atoms with Crippen LogP contribution in [0.3, 0.4) is 0 Å². The van der Waals surface area contributed by atoms with Crippen LogP contribution in [0.4, 0.5) is 0 Å². The smallest absolute Gasteiger partial charge is 0.352 e. The second-order valence-corrected chi connectivity index (χ2v) is 4.65. The molecule has 0 unspecified atom stereocenters. The predicted molar refractivity (Wildman–Crippen MR) is 77.0 cm³/mol. The van der Waals surface area contributed by atoms with Crippen LogP contribution >= 0.6 is 0 Å². The summed E-state index contributed by atoms with van der Waals surface area (Å²) in [4.78, 5) is 22.8. The van der Waals surface area contributed by atoms with E-state index in [2.05, 4.69) is 12.1 Å². The van der Waals surface area contributed by atoms with E-state index < -0.39 is 5.97 Å². The van der Waals surface area contributed by atoms with Crippen LogP contribution in [0.15, 0.2) is 53.3 Å². The fourth-order valence-corrected chi connectivity index (χ4v) is 2.18. The largest absolute Gasteiger partial charge is 0.477 e. The number of rotatable bonds is 6. The number of aryl methyl sites for hydroxylation is 1. The number of carboxylic acids is 1. The summed E-state index contributed by atoms with van der Waals surface area (Å²) in [5, 5.41) is 9.06. The molecule has 0 fully saturated rings. The molecule has 0 radical (unpaired) electrons. The van der Waals surface area contributed by atoms with Crippen molar-refractivity contribution >= 4 is 5.97 Å². The van der Waals surface area contributed by atoms with Crippen molar-refractivity contribution in [3.05, 3.63) is 70.1 Å². The van der Waals surface area contributed by atoms with Crippen molar-refractivity contribution in [1.82, 2.24) is 4.57 Å². The molecule has 0 saturated carbocycles. The zero-order valence-corrected chi connectivity index (χ0v) is 11.2. The third-order valence-corrected chi connectivity index (χ3v) is 3.21. The maximum atomic E-state index is 11.7. The van der Waals surface area contributed by atoms with Gasteiger partial charge in [-0.25, -0.2) is 4.79 Å². The van der Waals surface area contributed by atoms with Gasteiger partial charge in [0.1, 0.15) is 5.69 Å². The molecule has 1 aromatic heterocycles. The van der Waals surface area contributed by atoms with Crippen LogP contribution in [0.5, 0.6) is 0 Å². The highest BCUT2D eigenvalue weighted by Gasteiger charge is 2.09. The average Bonchev–Trinajstić information content (AvgIpc) is 2.45. The Balaban J connectivity index is 1.95. The molecule has 4 heteroatoms. The molecule has 0 amide bonds. The van der Waals surface area contributed by atoms with Crippen LogP contribution in [-0.4, -0.2) is 15.6 Å². The van der Waals surface area contributed by atoms with Gasteiger partial charge < -0.3 is 9.67 Å². The lowest BCUT2D eigenvalue weighted by Gasteiger charge is -2.09. The van der Waals surface area contributed by atoms with Gasteiger partial charge in [-0.05, 0) is 30.9 Å². The fourth-order valence-electron chi connectivity index (χ4n) is 2.18. The molecule has 1 aromatic carbocycles. The van der Waals surface area contributed by atoms with Crippen molar-refractivity contribution < 1.29 is 9.90 Å². The van der Waals surface area contributed by atoms with Crippen molar-refractivity contribution in [2.24, 2.45) is 0 Å². The Labute approximate surface area is 117 Å². The first-order chi connectivity index (χ1) is 9.68. The highest BCUT2D eigenvalue weighted by molar-refractivity contribution is 5.85. The molecular formula is C16H17NO3. The first kappa shape index (κ1) is 14.1. The van der Waals surface area contributed by atoms with Crippen LogP contribution in [-0.2, 0) is 13.0 Å². The molecule has 0 atom stereocenters. The van der Waals surface area contributed by atoms with Crippen LogP contribution in [0.25, 0.3) is 0 Å². The lowest BCUT2D eigenvalue weighted by Crippen LogP contribution is -2.25. The highest BCUT2D eigenvalue weighted by atomic mass is 16.4. The molecule has 0 aliphatic rings. The maximum absolute atomic E-state index is 11.7. The van der Waals surface area contributed by atoms with Crippen molar-refractivity contribution in [2.45, 2.75) is 25.8 Å². The van der Waals surface area contributed by atoms with Crippen LogP contribution in [0.1, 0.15) is 28.9 Å². The molecule has 0 saturated heterocycles. The van der Waals surface area contributed by atoms with E-state index in [1.807, 2.05) is 18.2 Å². The van der Waals surface area contributed by atoms with Gasteiger partial charge in [-0.15, -0.1) is 0 Å². The summed E-state index contributed by atoms with van der Waals surface area (Å²) in [5.41, 5.74) is 1.05. The lowest BCUT2D eigenvalue weighted by molar-refractivity contribution is 0.0683. The minimum Gasteiger partial charge on any atom is -0.477 e. The van der Waals surface area contributed by atoms with E-state index in [0.29, 0.717) is 6.54 Å². The Morgan fingerprint density at radius 2 is 1.75 bits per heavy atom. The number of unbranched alkanes of at least 4 members (excludes halogenated alkanes) is 1. The molecular weight excluding hydrogens is 254 g/mol. The summed E-state index contributed by atoms with van der Waals surface area (Å²) in [5.74, 6) is -1.06. The summed E-state index contributed by atoms with van der Waals surface area (Å²) >= 11 is 0. The Bertz CT molecular complexity index is 632. The first-order valence-corrected chi connectivity index (χ1v) is 6.65. The number of aromatic nitrogens is 1. The Kier molecular flexibility index (Phi) is 4.71. The number of pyridine rings is 1. The molecule has 0 aliphatic carbocycles.